The average Bonchev–Trinajstić information content (AvgIpc) is 2.38. The molecular formula is C15H25FN2. The van der Waals surface area contributed by atoms with E-state index in [4.69, 9.17) is 0 Å². The summed E-state index contributed by atoms with van der Waals surface area (Å²) in [5.41, 5.74) is 0.975. The number of likely N-dealkylation sites (N-methyl/N-ethyl adjacent to an activating group) is 1. The first kappa shape index (κ1) is 15.0. The summed E-state index contributed by atoms with van der Waals surface area (Å²) in [5.74, 6) is -0.165. The lowest BCUT2D eigenvalue weighted by Gasteiger charge is -2.32. The van der Waals surface area contributed by atoms with Crippen LogP contribution in [0.2, 0.25) is 0 Å². The lowest BCUT2D eigenvalue weighted by molar-refractivity contribution is 0.522. The Labute approximate surface area is 110 Å². The highest BCUT2D eigenvalue weighted by molar-refractivity contribution is 5.47. The molecule has 0 heterocycles. The fourth-order valence-electron chi connectivity index (χ4n) is 2.23. The van der Waals surface area contributed by atoms with Gasteiger partial charge in [-0.1, -0.05) is 19.9 Å². The van der Waals surface area contributed by atoms with Gasteiger partial charge in [0.15, 0.2) is 0 Å². The molecular weight excluding hydrogens is 227 g/mol. The second-order valence-corrected chi connectivity index (χ2v) is 4.53. The molecule has 0 aliphatic heterocycles. The van der Waals surface area contributed by atoms with Crippen molar-refractivity contribution >= 4 is 5.69 Å². The average molecular weight is 252 g/mol. The summed E-state index contributed by atoms with van der Waals surface area (Å²) in [6, 6.07) is 7.29. The summed E-state index contributed by atoms with van der Waals surface area (Å²) in [6.07, 6.45) is 2.20. The van der Waals surface area contributed by atoms with Crippen molar-refractivity contribution in [3.05, 3.63) is 30.1 Å². The molecule has 0 saturated heterocycles. The molecule has 0 bridgehead atoms. The van der Waals surface area contributed by atoms with Gasteiger partial charge in [0.2, 0.25) is 0 Å². The smallest absolute Gasteiger partial charge is 0.125 e. The van der Waals surface area contributed by atoms with Gasteiger partial charge in [0.05, 0.1) is 0 Å². The Morgan fingerprint density at radius 3 is 2.61 bits per heavy atom. The van der Waals surface area contributed by atoms with Gasteiger partial charge in [-0.05, 0) is 44.5 Å². The molecule has 1 unspecified atom stereocenters. The van der Waals surface area contributed by atoms with E-state index in [2.05, 4.69) is 31.0 Å². The van der Waals surface area contributed by atoms with Crippen LogP contribution in [0.5, 0.6) is 0 Å². The molecule has 1 aromatic carbocycles. The molecule has 1 rings (SSSR count). The van der Waals surface area contributed by atoms with Gasteiger partial charge in [-0.2, -0.15) is 0 Å². The number of nitrogens with one attached hydrogen (secondary N) is 1. The minimum absolute atomic E-state index is 0.165. The number of nitrogens with zero attached hydrogens (tertiary/aromatic N) is 1. The quantitative estimate of drug-likeness (QED) is 0.713. The number of hydrogen-bond donors (Lipinski definition) is 1. The Balaban J connectivity index is 2.73. The van der Waals surface area contributed by atoms with E-state index in [1.165, 1.54) is 6.07 Å². The summed E-state index contributed by atoms with van der Waals surface area (Å²) in [7, 11) is 0. The van der Waals surface area contributed by atoms with E-state index in [0.29, 0.717) is 6.04 Å². The summed E-state index contributed by atoms with van der Waals surface area (Å²) >= 11 is 0. The largest absolute Gasteiger partial charge is 0.367 e. The maximum absolute atomic E-state index is 13.3. The summed E-state index contributed by atoms with van der Waals surface area (Å²) in [4.78, 5) is 2.27. The maximum atomic E-state index is 13.3. The number of halogens is 1. The first-order valence-electron chi connectivity index (χ1n) is 6.95. The van der Waals surface area contributed by atoms with Gasteiger partial charge in [-0.25, -0.2) is 4.39 Å². The van der Waals surface area contributed by atoms with E-state index in [1.807, 2.05) is 6.07 Å². The molecule has 0 radical (unpaired) electrons. The summed E-state index contributed by atoms with van der Waals surface area (Å²) in [5, 5.41) is 3.45. The highest BCUT2D eigenvalue weighted by atomic mass is 19.1. The molecule has 0 amide bonds. The van der Waals surface area contributed by atoms with Gasteiger partial charge in [0, 0.05) is 24.8 Å². The second-order valence-electron chi connectivity index (χ2n) is 4.53. The zero-order chi connectivity index (χ0) is 13.4. The number of rotatable bonds is 8. The molecule has 1 atom stereocenters. The molecule has 0 aromatic heterocycles. The van der Waals surface area contributed by atoms with Gasteiger partial charge in [-0.3, -0.25) is 0 Å². The number of anilines is 1. The Hall–Kier alpha value is -1.09. The van der Waals surface area contributed by atoms with Gasteiger partial charge < -0.3 is 10.2 Å². The molecule has 18 heavy (non-hydrogen) atoms. The van der Waals surface area contributed by atoms with Crippen LogP contribution in [0.1, 0.15) is 33.6 Å². The third-order valence-corrected chi connectivity index (χ3v) is 3.20. The lowest BCUT2D eigenvalue weighted by atomic mass is 10.1. The molecule has 0 saturated carbocycles. The van der Waals surface area contributed by atoms with E-state index in [0.717, 1.165) is 38.2 Å². The Morgan fingerprint density at radius 1 is 1.28 bits per heavy atom. The predicted octanol–water partition coefficient (Wildman–Crippen LogP) is 3.43. The molecule has 2 nitrogen and oxygen atoms in total. The van der Waals surface area contributed by atoms with Crippen LogP contribution >= 0.6 is 0 Å². The fourth-order valence-corrected chi connectivity index (χ4v) is 2.23. The highest BCUT2D eigenvalue weighted by Gasteiger charge is 2.15. The van der Waals surface area contributed by atoms with Crippen molar-refractivity contribution in [2.24, 2.45) is 0 Å². The molecule has 1 N–H and O–H groups in total. The van der Waals surface area contributed by atoms with Crippen molar-refractivity contribution in [3.63, 3.8) is 0 Å². The molecule has 3 heteroatoms. The van der Waals surface area contributed by atoms with Crippen molar-refractivity contribution in [1.82, 2.24) is 5.32 Å². The van der Waals surface area contributed by atoms with Crippen molar-refractivity contribution in [2.45, 2.75) is 39.7 Å². The van der Waals surface area contributed by atoms with Gasteiger partial charge in [-0.15, -0.1) is 0 Å². The minimum atomic E-state index is -0.165. The zero-order valence-electron chi connectivity index (χ0n) is 11.7. The zero-order valence-corrected chi connectivity index (χ0v) is 11.7. The van der Waals surface area contributed by atoms with Gasteiger partial charge in [0.25, 0.3) is 0 Å². The monoisotopic (exact) mass is 252 g/mol. The van der Waals surface area contributed by atoms with E-state index >= 15 is 0 Å². The molecule has 102 valence electrons. The van der Waals surface area contributed by atoms with E-state index in [1.54, 1.807) is 12.1 Å². The molecule has 0 aliphatic carbocycles. The number of hydrogen-bond acceptors (Lipinski definition) is 2. The molecule has 0 spiro atoms. The molecule has 1 aromatic rings. The van der Waals surface area contributed by atoms with E-state index in [-0.39, 0.29) is 5.82 Å². The number of benzene rings is 1. The van der Waals surface area contributed by atoms with Gasteiger partial charge >= 0.3 is 0 Å². The highest BCUT2D eigenvalue weighted by Crippen LogP contribution is 2.19. The third kappa shape index (κ3) is 4.30. The van der Waals surface area contributed by atoms with Crippen LogP contribution in [0.4, 0.5) is 10.1 Å². The Bertz CT molecular complexity index is 341. The van der Waals surface area contributed by atoms with Crippen LogP contribution in [-0.4, -0.2) is 25.7 Å². The topological polar surface area (TPSA) is 15.3 Å². The predicted molar refractivity (Wildman–Crippen MR) is 76.7 cm³/mol. The first-order chi connectivity index (χ1) is 8.72. The SMILES string of the molecule is CCCNCC(CC)N(CC)c1cccc(F)c1. The van der Waals surface area contributed by atoms with Crippen molar-refractivity contribution in [3.8, 4) is 0 Å². The summed E-state index contributed by atoms with van der Waals surface area (Å²) in [6.45, 7) is 9.35. The lowest BCUT2D eigenvalue weighted by Crippen LogP contribution is -2.42. The van der Waals surface area contributed by atoms with Crippen LogP contribution in [0.3, 0.4) is 0 Å². The van der Waals surface area contributed by atoms with Crippen LogP contribution in [0.25, 0.3) is 0 Å². The van der Waals surface area contributed by atoms with Gasteiger partial charge in [0.1, 0.15) is 5.82 Å². The van der Waals surface area contributed by atoms with E-state index < -0.39 is 0 Å². The minimum Gasteiger partial charge on any atom is -0.367 e. The van der Waals surface area contributed by atoms with Crippen molar-refractivity contribution in [2.75, 3.05) is 24.5 Å². The maximum Gasteiger partial charge on any atom is 0.125 e. The van der Waals surface area contributed by atoms with Crippen LogP contribution in [0.15, 0.2) is 24.3 Å². The molecule has 0 aliphatic rings. The van der Waals surface area contributed by atoms with Crippen LogP contribution < -0.4 is 10.2 Å². The van der Waals surface area contributed by atoms with Crippen LogP contribution in [-0.2, 0) is 0 Å². The summed E-state index contributed by atoms with van der Waals surface area (Å²) < 4.78 is 13.3. The fraction of sp³-hybridized carbons (Fsp3) is 0.600. The second kappa shape index (κ2) is 8.09. The van der Waals surface area contributed by atoms with Crippen LogP contribution in [0, 0.1) is 5.82 Å². The van der Waals surface area contributed by atoms with Crippen molar-refractivity contribution < 1.29 is 4.39 Å². The first-order valence-corrected chi connectivity index (χ1v) is 6.95. The Morgan fingerprint density at radius 2 is 2.06 bits per heavy atom. The standard InChI is InChI=1S/C15H25FN2/c1-4-10-17-12-14(5-2)18(6-3)15-9-7-8-13(16)11-15/h7-9,11,14,17H,4-6,10,12H2,1-3H3. The van der Waals surface area contributed by atoms with E-state index in [9.17, 15) is 4.39 Å². The Kier molecular flexibility index (Phi) is 6.73. The molecule has 0 fully saturated rings. The third-order valence-electron chi connectivity index (χ3n) is 3.20. The van der Waals surface area contributed by atoms with Crippen molar-refractivity contribution in [1.29, 1.82) is 0 Å². The normalized spacial score (nSPS) is 12.4.